The van der Waals surface area contributed by atoms with Crippen molar-refractivity contribution in [3.8, 4) is 0 Å². The van der Waals surface area contributed by atoms with Crippen LogP contribution in [0.1, 0.15) is 22.3 Å². The highest BCUT2D eigenvalue weighted by molar-refractivity contribution is 7.80. The minimum absolute atomic E-state index is 0.211. The van der Waals surface area contributed by atoms with E-state index in [9.17, 15) is 13.2 Å². The zero-order valence-electron chi connectivity index (χ0n) is 13.1. The van der Waals surface area contributed by atoms with E-state index in [4.69, 9.17) is 27.8 Å². The molecule has 0 unspecified atom stereocenters. The van der Waals surface area contributed by atoms with Gasteiger partial charge in [-0.15, -0.1) is 0 Å². The average Bonchev–Trinajstić information content (AvgIpc) is 2.59. The highest BCUT2D eigenvalue weighted by Crippen LogP contribution is 2.31. The third-order valence-corrected chi connectivity index (χ3v) is 4.46. The normalized spacial score (nSPS) is 15.7. The zero-order valence-corrected chi connectivity index (χ0v) is 15.4. The van der Waals surface area contributed by atoms with E-state index >= 15 is 0 Å². The van der Waals surface area contributed by atoms with Gasteiger partial charge in [-0.05, 0) is 42.5 Å². The van der Waals surface area contributed by atoms with Crippen molar-refractivity contribution in [2.24, 2.45) is 5.16 Å². The Hall–Kier alpha value is -2.13. The highest BCUT2D eigenvalue weighted by atomic mass is 35.5. The van der Waals surface area contributed by atoms with Gasteiger partial charge < -0.3 is 4.90 Å². The van der Waals surface area contributed by atoms with Gasteiger partial charge in [0.25, 0.3) is 5.91 Å². The minimum atomic E-state index is -4.73. The smallest absolute Gasteiger partial charge is 0.307 e. The van der Waals surface area contributed by atoms with E-state index in [2.05, 4.69) is 9.44 Å². The standard InChI is InChI=1S/C16H12Cl2N2O5S/c17-11-3-1-10(2-4-11)16(21)20-8-7-14(19-25-26(22,23)24)13-9-12(18)5-6-15(13)20/h1-6,9H,7-8H2,(H,22,23,24)/b19-14+. The van der Waals surface area contributed by atoms with Gasteiger partial charge in [-0.3, -0.25) is 9.35 Å². The molecule has 1 aliphatic rings. The van der Waals surface area contributed by atoms with Gasteiger partial charge in [0.1, 0.15) is 0 Å². The topological polar surface area (TPSA) is 96.3 Å². The maximum Gasteiger partial charge on any atom is 0.466 e. The summed E-state index contributed by atoms with van der Waals surface area (Å²) in [7, 11) is -4.73. The van der Waals surface area contributed by atoms with Gasteiger partial charge in [0.2, 0.25) is 0 Å². The molecule has 0 atom stereocenters. The monoisotopic (exact) mass is 414 g/mol. The van der Waals surface area contributed by atoms with Crippen molar-refractivity contribution >= 4 is 50.9 Å². The molecular formula is C16H12Cl2N2O5S. The zero-order chi connectivity index (χ0) is 18.9. The van der Waals surface area contributed by atoms with Crippen LogP contribution in [0.3, 0.4) is 0 Å². The Balaban J connectivity index is 2.00. The van der Waals surface area contributed by atoms with Gasteiger partial charge in [0, 0.05) is 34.1 Å². The SMILES string of the molecule is O=C(c1ccc(Cl)cc1)N1CC/C(=N\OS(=O)(=O)O)c2cc(Cl)ccc21. The van der Waals surface area contributed by atoms with Gasteiger partial charge >= 0.3 is 10.4 Å². The number of nitrogens with zero attached hydrogens (tertiary/aromatic N) is 2. The van der Waals surface area contributed by atoms with E-state index in [0.717, 1.165) is 0 Å². The molecule has 1 amide bonds. The number of hydrogen-bond acceptors (Lipinski definition) is 5. The van der Waals surface area contributed by atoms with E-state index in [1.54, 1.807) is 42.5 Å². The molecule has 0 spiro atoms. The van der Waals surface area contributed by atoms with Crippen LogP contribution in [0.2, 0.25) is 10.0 Å². The number of anilines is 1. The molecule has 0 radical (unpaired) electrons. The summed E-state index contributed by atoms with van der Waals surface area (Å²) in [4.78, 5) is 14.4. The van der Waals surface area contributed by atoms with E-state index in [0.29, 0.717) is 26.9 Å². The first-order valence-corrected chi connectivity index (χ1v) is 9.47. The molecule has 2 aromatic rings. The number of halogens is 2. The Morgan fingerprint density at radius 3 is 2.42 bits per heavy atom. The molecule has 7 nitrogen and oxygen atoms in total. The fourth-order valence-electron chi connectivity index (χ4n) is 2.59. The summed E-state index contributed by atoms with van der Waals surface area (Å²) in [5.74, 6) is -0.250. The lowest BCUT2D eigenvalue weighted by Gasteiger charge is -2.30. The largest absolute Gasteiger partial charge is 0.466 e. The van der Waals surface area contributed by atoms with Crippen molar-refractivity contribution < 1.29 is 22.0 Å². The number of amides is 1. The molecule has 0 saturated heterocycles. The van der Waals surface area contributed by atoms with Crippen LogP contribution in [0.4, 0.5) is 5.69 Å². The molecule has 0 fully saturated rings. The first-order chi connectivity index (χ1) is 12.2. The van der Waals surface area contributed by atoms with E-state index < -0.39 is 10.4 Å². The Kier molecular flexibility index (Phi) is 5.19. The van der Waals surface area contributed by atoms with Crippen molar-refractivity contribution in [3.05, 3.63) is 63.6 Å². The number of hydrogen-bond donors (Lipinski definition) is 1. The van der Waals surface area contributed by atoms with Crippen molar-refractivity contribution in [3.63, 3.8) is 0 Å². The molecule has 26 heavy (non-hydrogen) atoms. The first-order valence-electron chi connectivity index (χ1n) is 7.35. The Bertz CT molecular complexity index is 990. The first kappa shape index (κ1) is 18.7. The Morgan fingerprint density at radius 1 is 1.12 bits per heavy atom. The van der Waals surface area contributed by atoms with Crippen LogP contribution in [-0.2, 0) is 14.7 Å². The lowest BCUT2D eigenvalue weighted by atomic mass is 9.98. The quantitative estimate of drug-likeness (QED) is 0.611. The third-order valence-electron chi connectivity index (χ3n) is 3.71. The predicted octanol–water partition coefficient (Wildman–Crippen LogP) is 3.57. The number of benzene rings is 2. The molecule has 0 saturated carbocycles. The summed E-state index contributed by atoms with van der Waals surface area (Å²) in [5, 5.41) is 4.38. The van der Waals surface area contributed by atoms with Gasteiger partial charge in [-0.2, -0.15) is 8.42 Å². The average molecular weight is 415 g/mol. The fourth-order valence-corrected chi connectivity index (χ4v) is 3.08. The molecule has 0 aliphatic carbocycles. The maximum absolute atomic E-state index is 12.8. The molecule has 3 rings (SSSR count). The van der Waals surface area contributed by atoms with Gasteiger partial charge in [-0.1, -0.05) is 28.4 Å². The number of oxime groups is 1. The lowest BCUT2D eigenvalue weighted by Crippen LogP contribution is -2.37. The van der Waals surface area contributed by atoms with Gasteiger partial charge in [0.15, 0.2) is 0 Å². The fraction of sp³-hybridized carbons (Fsp3) is 0.125. The molecule has 10 heteroatoms. The number of carbonyl (C=O) groups is 1. The Morgan fingerprint density at radius 2 is 1.77 bits per heavy atom. The molecule has 0 bridgehead atoms. The van der Waals surface area contributed by atoms with Crippen molar-refractivity contribution in [1.82, 2.24) is 0 Å². The number of carbonyl (C=O) groups excluding carboxylic acids is 1. The van der Waals surface area contributed by atoms with Crippen molar-refractivity contribution in [2.45, 2.75) is 6.42 Å². The second-order valence-corrected chi connectivity index (χ2v) is 7.29. The van der Waals surface area contributed by atoms with Crippen LogP contribution in [0, 0.1) is 0 Å². The van der Waals surface area contributed by atoms with E-state index in [1.807, 2.05) is 0 Å². The van der Waals surface area contributed by atoms with Crippen LogP contribution in [0.15, 0.2) is 47.6 Å². The van der Waals surface area contributed by atoms with Crippen LogP contribution >= 0.6 is 23.2 Å². The van der Waals surface area contributed by atoms with Crippen LogP contribution in [0.25, 0.3) is 0 Å². The summed E-state index contributed by atoms with van der Waals surface area (Å²) < 4.78 is 34.3. The summed E-state index contributed by atoms with van der Waals surface area (Å²) >= 11 is 11.9. The molecule has 1 aliphatic heterocycles. The molecular weight excluding hydrogens is 403 g/mol. The van der Waals surface area contributed by atoms with Crippen molar-refractivity contribution in [1.29, 1.82) is 0 Å². The van der Waals surface area contributed by atoms with Gasteiger partial charge in [0.05, 0.1) is 11.4 Å². The second kappa shape index (κ2) is 7.24. The maximum atomic E-state index is 12.8. The number of rotatable bonds is 3. The minimum Gasteiger partial charge on any atom is -0.307 e. The summed E-state index contributed by atoms with van der Waals surface area (Å²) in [6.45, 7) is 0.240. The molecule has 0 aromatic heterocycles. The molecule has 2 aromatic carbocycles. The predicted molar refractivity (Wildman–Crippen MR) is 98.4 cm³/mol. The number of fused-ring (bicyclic) bond motifs is 1. The van der Waals surface area contributed by atoms with E-state index in [1.165, 1.54) is 4.90 Å². The highest BCUT2D eigenvalue weighted by Gasteiger charge is 2.28. The molecule has 136 valence electrons. The van der Waals surface area contributed by atoms with Crippen molar-refractivity contribution in [2.75, 3.05) is 11.4 Å². The van der Waals surface area contributed by atoms with Crippen LogP contribution in [0.5, 0.6) is 0 Å². The summed E-state index contributed by atoms with van der Waals surface area (Å²) in [6.07, 6.45) is 0.211. The van der Waals surface area contributed by atoms with Crippen LogP contribution in [-0.4, -0.2) is 31.1 Å². The third kappa shape index (κ3) is 4.16. The lowest BCUT2D eigenvalue weighted by molar-refractivity contribution is 0.0987. The second-order valence-electron chi connectivity index (χ2n) is 5.42. The van der Waals surface area contributed by atoms with Gasteiger partial charge in [-0.25, -0.2) is 4.28 Å². The summed E-state index contributed by atoms with van der Waals surface area (Å²) in [6, 6.07) is 11.3. The molecule has 1 heterocycles. The summed E-state index contributed by atoms with van der Waals surface area (Å²) in [5.41, 5.74) is 1.64. The Labute approximate surface area is 159 Å². The van der Waals surface area contributed by atoms with E-state index in [-0.39, 0.29) is 24.6 Å². The molecule has 1 N–H and O–H groups in total. The van der Waals surface area contributed by atoms with Crippen LogP contribution < -0.4 is 4.90 Å².